The quantitative estimate of drug-likeness (QED) is 0.840. The van der Waals surface area contributed by atoms with Crippen LogP contribution < -0.4 is 5.32 Å². The summed E-state index contributed by atoms with van der Waals surface area (Å²) in [5.74, 6) is 2.95. The van der Waals surface area contributed by atoms with Crippen LogP contribution in [-0.4, -0.2) is 30.4 Å². The maximum Gasteiger partial charge on any atom is 0.152 e. The lowest BCUT2D eigenvalue weighted by molar-refractivity contribution is 0.600. The highest BCUT2D eigenvalue weighted by Crippen LogP contribution is 2.19. The molecule has 6 heteroatoms. The third-order valence-electron chi connectivity index (χ3n) is 3.42. The summed E-state index contributed by atoms with van der Waals surface area (Å²) in [5, 5.41) is 11.7. The Morgan fingerprint density at radius 1 is 1.33 bits per heavy atom. The van der Waals surface area contributed by atoms with E-state index in [1.54, 1.807) is 0 Å². The first-order chi connectivity index (χ1) is 8.74. The van der Waals surface area contributed by atoms with Gasteiger partial charge in [0.1, 0.15) is 11.6 Å². The van der Waals surface area contributed by atoms with Crippen molar-refractivity contribution in [2.75, 3.05) is 0 Å². The van der Waals surface area contributed by atoms with Gasteiger partial charge in [0.15, 0.2) is 5.82 Å². The molecule has 2 aromatic rings. The fourth-order valence-corrected chi connectivity index (χ4v) is 1.92. The van der Waals surface area contributed by atoms with Gasteiger partial charge in [0.05, 0.1) is 13.1 Å². The molecule has 1 aliphatic carbocycles. The lowest BCUT2D eigenvalue weighted by Crippen LogP contribution is -2.19. The van der Waals surface area contributed by atoms with Gasteiger partial charge in [-0.2, -0.15) is 0 Å². The lowest BCUT2D eigenvalue weighted by Gasteiger charge is -2.08. The van der Waals surface area contributed by atoms with Crippen LogP contribution >= 0.6 is 0 Å². The Bertz CT molecular complexity index is 537. The molecule has 0 atom stereocenters. The van der Waals surface area contributed by atoms with Crippen LogP contribution in [0.15, 0.2) is 12.4 Å². The predicted molar refractivity (Wildman–Crippen MR) is 66.9 cm³/mol. The summed E-state index contributed by atoms with van der Waals surface area (Å²) < 4.78 is 4.14. The van der Waals surface area contributed by atoms with E-state index >= 15 is 0 Å². The third-order valence-corrected chi connectivity index (χ3v) is 3.42. The molecular formula is C12H18N6. The van der Waals surface area contributed by atoms with Gasteiger partial charge in [0.25, 0.3) is 0 Å². The maximum atomic E-state index is 4.39. The highest BCUT2D eigenvalue weighted by molar-refractivity contribution is 5.00. The summed E-state index contributed by atoms with van der Waals surface area (Å²) in [4.78, 5) is 4.39. The van der Waals surface area contributed by atoms with E-state index in [0.29, 0.717) is 6.04 Å². The van der Waals surface area contributed by atoms with Crippen molar-refractivity contribution in [1.29, 1.82) is 0 Å². The van der Waals surface area contributed by atoms with Crippen LogP contribution in [0.2, 0.25) is 0 Å². The van der Waals surface area contributed by atoms with Gasteiger partial charge >= 0.3 is 0 Å². The van der Waals surface area contributed by atoms with Gasteiger partial charge in [-0.05, 0) is 19.8 Å². The third kappa shape index (κ3) is 2.28. The van der Waals surface area contributed by atoms with E-state index in [2.05, 4.69) is 25.1 Å². The first-order valence-corrected chi connectivity index (χ1v) is 6.32. The lowest BCUT2D eigenvalue weighted by atomic mass is 10.5. The SMILES string of the molecule is Cc1nnc(Cn2ccnc2CNC2CC2)n1C. The van der Waals surface area contributed by atoms with Gasteiger partial charge in [0.2, 0.25) is 0 Å². The second kappa shape index (κ2) is 4.53. The molecule has 0 aliphatic heterocycles. The summed E-state index contributed by atoms with van der Waals surface area (Å²) in [5.41, 5.74) is 0. The van der Waals surface area contributed by atoms with E-state index in [0.717, 1.165) is 30.6 Å². The summed E-state index contributed by atoms with van der Waals surface area (Å²) in [6, 6.07) is 0.701. The zero-order valence-electron chi connectivity index (χ0n) is 10.8. The minimum atomic E-state index is 0.701. The first kappa shape index (κ1) is 11.4. The smallest absolute Gasteiger partial charge is 0.152 e. The Kier molecular flexibility index (Phi) is 2.87. The molecule has 0 spiro atoms. The van der Waals surface area contributed by atoms with E-state index in [4.69, 9.17) is 0 Å². The zero-order chi connectivity index (χ0) is 12.5. The Morgan fingerprint density at radius 2 is 2.17 bits per heavy atom. The molecule has 1 aliphatic rings. The molecule has 0 radical (unpaired) electrons. The summed E-state index contributed by atoms with van der Waals surface area (Å²) in [6.07, 6.45) is 6.42. The minimum absolute atomic E-state index is 0.701. The second-order valence-electron chi connectivity index (χ2n) is 4.85. The molecule has 0 aromatic carbocycles. The molecule has 6 nitrogen and oxygen atoms in total. The average molecular weight is 246 g/mol. The van der Waals surface area contributed by atoms with Gasteiger partial charge < -0.3 is 14.5 Å². The Hall–Kier alpha value is -1.69. The Morgan fingerprint density at radius 3 is 2.83 bits per heavy atom. The maximum absolute atomic E-state index is 4.39. The molecule has 96 valence electrons. The highest BCUT2D eigenvalue weighted by Gasteiger charge is 2.21. The monoisotopic (exact) mass is 246 g/mol. The Labute approximate surface area is 106 Å². The number of aryl methyl sites for hydroxylation is 1. The molecule has 1 fully saturated rings. The topological polar surface area (TPSA) is 60.6 Å². The molecule has 0 bridgehead atoms. The summed E-state index contributed by atoms with van der Waals surface area (Å²) in [6.45, 7) is 3.51. The van der Waals surface area contributed by atoms with Crippen molar-refractivity contribution in [3.63, 3.8) is 0 Å². The number of nitrogens with zero attached hydrogens (tertiary/aromatic N) is 5. The number of imidazole rings is 1. The number of nitrogens with one attached hydrogen (secondary N) is 1. The first-order valence-electron chi connectivity index (χ1n) is 6.32. The zero-order valence-corrected chi connectivity index (χ0v) is 10.8. The van der Waals surface area contributed by atoms with Crippen molar-refractivity contribution < 1.29 is 0 Å². The standard InChI is InChI=1S/C12H18N6/c1-9-15-16-12(17(9)2)8-18-6-5-13-11(18)7-14-10-3-4-10/h5-6,10,14H,3-4,7-8H2,1-2H3. The van der Waals surface area contributed by atoms with Gasteiger partial charge in [0, 0.05) is 25.5 Å². The van der Waals surface area contributed by atoms with Gasteiger partial charge in [-0.1, -0.05) is 0 Å². The average Bonchev–Trinajstić information content (AvgIpc) is 3.02. The molecule has 0 saturated heterocycles. The molecule has 1 saturated carbocycles. The van der Waals surface area contributed by atoms with Crippen LogP contribution in [-0.2, 0) is 20.1 Å². The van der Waals surface area contributed by atoms with E-state index in [9.17, 15) is 0 Å². The van der Waals surface area contributed by atoms with E-state index < -0.39 is 0 Å². The molecule has 1 N–H and O–H groups in total. The number of aromatic nitrogens is 5. The summed E-state index contributed by atoms with van der Waals surface area (Å²) >= 11 is 0. The van der Waals surface area contributed by atoms with Crippen LogP contribution in [0.4, 0.5) is 0 Å². The molecule has 2 aromatic heterocycles. The van der Waals surface area contributed by atoms with Crippen molar-refractivity contribution in [3.8, 4) is 0 Å². The minimum Gasteiger partial charge on any atom is -0.326 e. The highest BCUT2D eigenvalue weighted by atomic mass is 15.3. The van der Waals surface area contributed by atoms with E-state index in [1.807, 2.05) is 30.9 Å². The number of rotatable bonds is 5. The van der Waals surface area contributed by atoms with Crippen molar-refractivity contribution in [2.45, 2.75) is 38.9 Å². The van der Waals surface area contributed by atoms with Crippen LogP contribution in [0.3, 0.4) is 0 Å². The van der Waals surface area contributed by atoms with Crippen LogP contribution in [0.25, 0.3) is 0 Å². The second-order valence-corrected chi connectivity index (χ2v) is 4.85. The van der Waals surface area contributed by atoms with E-state index in [-0.39, 0.29) is 0 Å². The van der Waals surface area contributed by atoms with Crippen LogP contribution in [0.5, 0.6) is 0 Å². The molecule has 3 rings (SSSR count). The van der Waals surface area contributed by atoms with Gasteiger partial charge in [-0.3, -0.25) is 0 Å². The fourth-order valence-electron chi connectivity index (χ4n) is 1.92. The predicted octanol–water partition coefficient (Wildman–Crippen LogP) is 0.620. The summed E-state index contributed by atoms with van der Waals surface area (Å²) in [7, 11) is 1.99. The molecule has 18 heavy (non-hydrogen) atoms. The van der Waals surface area contributed by atoms with Crippen LogP contribution in [0.1, 0.15) is 30.3 Å². The molecule has 0 amide bonds. The van der Waals surface area contributed by atoms with Crippen molar-refractivity contribution >= 4 is 0 Å². The van der Waals surface area contributed by atoms with Crippen molar-refractivity contribution in [2.24, 2.45) is 7.05 Å². The Balaban J connectivity index is 1.71. The molecule has 2 heterocycles. The normalized spacial score (nSPS) is 15.2. The van der Waals surface area contributed by atoms with Crippen molar-refractivity contribution in [1.82, 2.24) is 29.6 Å². The number of hydrogen-bond donors (Lipinski definition) is 1. The number of hydrogen-bond acceptors (Lipinski definition) is 4. The van der Waals surface area contributed by atoms with Gasteiger partial charge in [-0.15, -0.1) is 10.2 Å². The fraction of sp³-hybridized carbons (Fsp3) is 0.583. The van der Waals surface area contributed by atoms with E-state index in [1.165, 1.54) is 12.8 Å². The molecular weight excluding hydrogens is 228 g/mol. The van der Waals surface area contributed by atoms with Crippen LogP contribution in [0, 0.1) is 6.92 Å². The van der Waals surface area contributed by atoms with Crippen molar-refractivity contribution in [3.05, 3.63) is 29.9 Å². The largest absolute Gasteiger partial charge is 0.326 e. The molecule has 0 unspecified atom stereocenters. The van der Waals surface area contributed by atoms with Gasteiger partial charge in [-0.25, -0.2) is 4.98 Å².